The third-order valence-electron chi connectivity index (χ3n) is 2.67. The zero-order chi connectivity index (χ0) is 12.7. The van der Waals surface area contributed by atoms with Gasteiger partial charge in [-0.2, -0.15) is 0 Å². The molecule has 0 radical (unpaired) electrons. The molecule has 1 rings (SSSR count). The first-order valence-corrected chi connectivity index (χ1v) is 5.66. The number of allylic oxidation sites excluding steroid dienone is 1. The number of hydrogen-bond donors (Lipinski definition) is 1. The minimum Gasteiger partial charge on any atom is -0.497 e. The Bertz CT molecular complexity index is 370. The highest BCUT2D eigenvalue weighted by molar-refractivity contribution is 5.79. The van der Waals surface area contributed by atoms with Gasteiger partial charge in [0.25, 0.3) is 0 Å². The molecular weight excluding hydrogens is 214 g/mol. The minimum absolute atomic E-state index is 0.00500. The van der Waals surface area contributed by atoms with Gasteiger partial charge in [-0.05, 0) is 37.6 Å². The summed E-state index contributed by atoms with van der Waals surface area (Å²) in [6.07, 6.45) is 2.49. The van der Waals surface area contributed by atoms with E-state index in [1.807, 2.05) is 24.3 Å². The summed E-state index contributed by atoms with van der Waals surface area (Å²) in [6, 6.07) is 7.64. The summed E-state index contributed by atoms with van der Waals surface area (Å²) in [4.78, 5) is 11.3. The van der Waals surface area contributed by atoms with Gasteiger partial charge < -0.3 is 10.1 Å². The van der Waals surface area contributed by atoms with Crippen LogP contribution in [0, 0.1) is 5.92 Å². The van der Waals surface area contributed by atoms with Crippen LogP contribution >= 0.6 is 0 Å². The van der Waals surface area contributed by atoms with Crippen LogP contribution in [-0.2, 0) is 4.79 Å². The standard InChI is InChI=1S/C14H19NO2/c1-4-5-12(11(2)16)10-15-13-6-8-14(17-3)9-7-13/h4,6-9,12,15H,1,5,10H2,2-3H3/t12-/m0/s1. The Balaban J connectivity index is 2.52. The average molecular weight is 233 g/mol. The van der Waals surface area contributed by atoms with Gasteiger partial charge in [-0.25, -0.2) is 0 Å². The first kappa shape index (κ1) is 13.3. The van der Waals surface area contributed by atoms with Crippen molar-refractivity contribution in [3.8, 4) is 5.75 Å². The molecule has 1 aromatic carbocycles. The number of benzene rings is 1. The van der Waals surface area contributed by atoms with Crippen molar-refractivity contribution in [2.45, 2.75) is 13.3 Å². The second-order valence-electron chi connectivity index (χ2n) is 3.94. The molecule has 0 heterocycles. The van der Waals surface area contributed by atoms with Crippen molar-refractivity contribution >= 4 is 11.5 Å². The molecule has 0 saturated heterocycles. The maximum Gasteiger partial charge on any atom is 0.134 e. The van der Waals surface area contributed by atoms with Gasteiger partial charge in [0.15, 0.2) is 0 Å². The molecule has 0 aliphatic carbocycles. The van der Waals surface area contributed by atoms with Crippen LogP contribution < -0.4 is 10.1 Å². The fourth-order valence-corrected chi connectivity index (χ4v) is 1.54. The van der Waals surface area contributed by atoms with Crippen molar-refractivity contribution in [2.75, 3.05) is 19.0 Å². The fourth-order valence-electron chi connectivity index (χ4n) is 1.54. The molecule has 0 spiro atoms. The number of hydrogen-bond acceptors (Lipinski definition) is 3. The van der Waals surface area contributed by atoms with Crippen LogP contribution in [0.2, 0.25) is 0 Å². The van der Waals surface area contributed by atoms with Crippen LogP contribution in [0.3, 0.4) is 0 Å². The van der Waals surface area contributed by atoms with Crippen LogP contribution in [0.4, 0.5) is 5.69 Å². The van der Waals surface area contributed by atoms with E-state index in [-0.39, 0.29) is 11.7 Å². The molecule has 0 unspecified atom stereocenters. The van der Waals surface area contributed by atoms with Crippen molar-refractivity contribution in [1.29, 1.82) is 0 Å². The molecule has 92 valence electrons. The Morgan fingerprint density at radius 2 is 2.12 bits per heavy atom. The highest BCUT2D eigenvalue weighted by Gasteiger charge is 2.11. The van der Waals surface area contributed by atoms with Crippen LogP contribution in [0.25, 0.3) is 0 Å². The second-order valence-corrected chi connectivity index (χ2v) is 3.94. The van der Waals surface area contributed by atoms with Gasteiger partial charge in [-0.3, -0.25) is 4.79 Å². The first-order valence-electron chi connectivity index (χ1n) is 5.66. The van der Waals surface area contributed by atoms with Crippen LogP contribution in [0.5, 0.6) is 5.75 Å². The molecule has 1 aromatic rings. The van der Waals surface area contributed by atoms with Gasteiger partial charge >= 0.3 is 0 Å². The number of rotatable bonds is 7. The molecule has 17 heavy (non-hydrogen) atoms. The molecular formula is C14H19NO2. The number of ether oxygens (including phenoxy) is 1. The van der Waals surface area contributed by atoms with Gasteiger partial charge in [0.1, 0.15) is 11.5 Å². The lowest BCUT2D eigenvalue weighted by molar-refractivity contribution is -0.120. The largest absolute Gasteiger partial charge is 0.497 e. The van der Waals surface area contributed by atoms with Crippen LogP contribution in [0.1, 0.15) is 13.3 Å². The molecule has 0 aromatic heterocycles. The Labute approximate surface area is 102 Å². The Morgan fingerprint density at radius 3 is 2.59 bits per heavy atom. The van der Waals surface area contributed by atoms with E-state index in [1.165, 1.54) is 0 Å². The van der Waals surface area contributed by atoms with Crippen molar-refractivity contribution in [3.05, 3.63) is 36.9 Å². The lowest BCUT2D eigenvalue weighted by atomic mass is 10.0. The predicted octanol–water partition coefficient (Wildman–Crippen LogP) is 2.89. The van der Waals surface area contributed by atoms with E-state index in [4.69, 9.17) is 4.74 Å². The van der Waals surface area contributed by atoms with E-state index in [2.05, 4.69) is 11.9 Å². The highest BCUT2D eigenvalue weighted by atomic mass is 16.5. The molecule has 0 aliphatic rings. The summed E-state index contributed by atoms with van der Waals surface area (Å²) in [5, 5.41) is 3.24. The maximum atomic E-state index is 11.3. The number of carbonyl (C=O) groups is 1. The molecule has 3 nitrogen and oxygen atoms in total. The van der Waals surface area contributed by atoms with Gasteiger partial charge in [0, 0.05) is 18.2 Å². The summed E-state index contributed by atoms with van der Waals surface area (Å²) < 4.78 is 5.08. The Hall–Kier alpha value is -1.77. The van der Waals surface area contributed by atoms with Crippen molar-refractivity contribution in [3.63, 3.8) is 0 Å². The Morgan fingerprint density at radius 1 is 1.47 bits per heavy atom. The number of anilines is 1. The molecule has 1 atom stereocenters. The molecule has 1 N–H and O–H groups in total. The van der Waals surface area contributed by atoms with Gasteiger partial charge in [-0.15, -0.1) is 6.58 Å². The summed E-state index contributed by atoms with van der Waals surface area (Å²) in [7, 11) is 1.64. The molecule has 0 saturated carbocycles. The van der Waals surface area contributed by atoms with E-state index < -0.39 is 0 Å². The third kappa shape index (κ3) is 4.31. The summed E-state index contributed by atoms with van der Waals surface area (Å²) in [5.41, 5.74) is 0.987. The first-order chi connectivity index (χ1) is 8.17. The van der Waals surface area contributed by atoms with Gasteiger partial charge in [0.05, 0.1) is 7.11 Å². The van der Waals surface area contributed by atoms with E-state index in [0.717, 1.165) is 11.4 Å². The van der Waals surface area contributed by atoms with Crippen molar-refractivity contribution in [1.82, 2.24) is 0 Å². The van der Waals surface area contributed by atoms with Gasteiger partial charge in [0.2, 0.25) is 0 Å². The SMILES string of the molecule is C=CC[C@@H](CNc1ccc(OC)cc1)C(C)=O. The molecule has 3 heteroatoms. The van der Waals surface area contributed by atoms with Crippen LogP contribution in [0.15, 0.2) is 36.9 Å². The Kier molecular flexibility index (Phi) is 5.27. The predicted molar refractivity (Wildman–Crippen MR) is 70.5 cm³/mol. The zero-order valence-corrected chi connectivity index (χ0v) is 10.4. The van der Waals surface area contributed by atoms with Gasteiger partial charge in [-0.1, -0.05) is 6.08 Å². The number of nitrogens with one attached hydrogen (secondary N) is 1. The molecule has 0 aliphatic heterocycles. The fraction of sp³-hybridized carbons (Fsp3) is 0.357. The molecule has 0 amide bonds. The van der Waals surface area contributed by atoms with Crippen molar-refractivity contribution < 1.29 is 9.53 Å². The van der Waals surface area contributed by atoms with E-state index >= 15 is 0 Å². The second kappa shape index (κ2) is 6.74. The number of methoxy groups -OCH3 is 1. The van der Waals surface area contributed by atoms with Crippen molar-refractivity contribution in [2.24, 2.45) is 5.92 Å². The molecule has 0 fully saturated rings. The average Bonchev–Trinajstić information content (AvgIpc) is 2.34. The zero-order valence-electron chi connectivity index (χ0n) is 10.4. The smallest absolute Gasteiger partial charge is 0.134 e. The number of carbonyl (C=O) groups excluding carboxylic acids is 1. The summed E-state index contributed by atoms with van der Waals surface area (Å²) in [6.45, 7) is 5.91. The normalized spacial score (nSPS) is 11.6. The lowest BCUT2D eigenvalue weighted by Gasteiger charge is -2.13. The minimum atomic E-state index is -0.00500. The highest BCUT2D eigenvalue weighted by Crippen LogP contribution is 2.16. The van der Waals surface area contributed by atoms with Crippen LogP contribution in [-0.4, -0.2) is 19.4 Å². The number of ketones is 1. The summed E-state index contributed by atoms with van der Waals surface area (Å²) >= 11 is 0. The topological polar surface area (TPSA) is 38.3 Å². The maximum absolute atomic E-state index is 11.3. The lowest BCUT2D eigenvalue weighted by Crippen LogP contribution is -2.20. The van der Waals surface area contributed by atoms with E-state index in [0.29, 0.717) is 13.0 Å². The van der Waals surface area contributed by atoms with E-state index in [1.54, 1.807) is 20.1 Å². The quantitative estimate of drug-likeness (QED) is 0.736. The van der Waals surface area contributed by atoms with E-state index in [9.17, 15) is 4.79 Å². The monoisotopic (exact) mass is 233 g/mol. The number of Topliss-reactive ketones (excluding diaryl/α,β-unsaturated/α-hetero) is 1. The molecule has 0 bridgehead atoms. The summed E-state index contributed by atoms with van der Waals surface area (Å²) in [5.74, 6) is 1.00. The third-order valence-corrected chi connectivity index (χ3v) is 2.67.